The zero-order valence-electron chi connectivity index (χ0n) is 25.6. The van der Waals surface area contributed by atoms with Crippen LogP contribution in [0.4, 0.5) is 8.78 Å². The first kappa shape index (κ1) is 31.9. The SMILES string of the molecule is C=CCC[C@H]1CC[C@H](c2ccc(C(F)(F)OCCc3ccc([C@H]4CC[C@H](CCCCCCC)CC4)cc3)cc2)CC1. The summed E-state index contributed by atoms with van der Waals surface area (Å²) in [5.74, 6) is 2.83. The van der Waals surface area contributed by atoms with Crippen LogP contribution in [0, 0.1) is 11.8 Å². The molecular weight excluding hydrogens is 510 g/mol. The number of ether oxygens (including phenoxy) is 1. The quantitative estimate of drug-likeness (QED) is 0.145. The number of allylic oxidation sites excluding steroid dienone is 1. The Hall–Kier alpha value is -2.00. The minimum atomic E-state index is -3.27. The van der Waals surface area contributed by atoms with Crippen molar-refractivity contribution in [2.45, 2.75) is 134 Å². The van der Waals surface area contributed by atoms with Crippen LogP contribution in [0.25, 0.3) is 0 Å². The van der Waals surface area contributed by atoms with Gasteiger partial charge in [-0.25, -0.2) is 0 Å². The molecule has 0 amide bonds. The van der Waals surface area contributed by atoms with E-state index in [1.165, 1.54) is 94.6 Å². The predicted molar refractivity (Wildman–Crippen MR) is 169 cm³/mol. The van der Waals surface area contributed by atoms with Gasteiger partial charge in [-0.1, -0.05) is 100 Å². The van der Waals surface area contributed by atoms with Gasteiger partial charge in [-0.2, -0.15) is 8.78 Å². The molecule has 0 aromatic heterocycles. The summed E-state index contributed by atoms with van der Waals surface area (Å²) in [6, 6.07) is 15.6. The second-order valence-corrected chi connectivity index (χ2v) is 13.0. The molecule has 0 heterocycles. The first-order chi connectivity index (χ1) is 20.0. The van der Waals surface area contributed by atoms with E-state index in [2.05, 4.69) is 37.8 Å². The molecular formula is C38H54F2O. The molecule has 1 nitrogen and oxygen atoms in total. The van der Waals surface area contributed by atoms with Gasteiger partial charge in [0.1, 0.15) is 0 Å². The zero-order chi connectivity index (χ0) is 28.9. The molecule has 2 aliphatic carbocycles. The minimum Gasteiger partial charge on any atom is -0.316 e. The van der Waals surface area contributed by atoms with Crippen LogP contribution in [0.5, 0.6) is 0 Å². The largest absolute Gasteiger partial charge is 0.383 e. The fraction of sp³-hybridized carbons (Fsp3) is 0.632. The van der Waals surface area contributed by atoms with Crippen molar-refractivity contribution in [1.82, 2.24) is 0 Å². The van der Waals surface area contributed by atoms with Crippen LogP contribution in [0.3, 0.4) is 0 Å². The lowest BCUT2D eigenvalue weighted by Crippen LogP contribution is -2.20. The fourth-order valence-corrected chi connectivity index (χ4v) is 7.25. The highest BCUT2D eigenvalue weighted by molar-refractivity contribution is 5.28. The minimum absolute atomic E-state index is 0.00614. The van der Waals surface area contributed by atoms with E-state index in [9.17, 15) is 8.78 Å². The second-order valence-electron chi connectivity index (χ2n) is 13.0. The number of alkyl halides is 2. The van der Waals surface area contributed by atoms with Gasteiger partial charge in [0.2, 0.25) is 0 Å². The third-order valence-corrected chi connectivity index (χ3v) is 10.0. The lowest BCUT2D eigenvalue weighted by molar-refractivity contribution is -0.248. The molecule has 0 aliphatic heterocycles. The van der Waals surface area contributed by atoms with Crippen LogP contribution in [0.1, 0.15) is 144 Å². The Kier molecular flexibility index (Phi) is 12.9. The molecule has 2 aliphatic rings. The highest BCUT2D eigenvalue weighted by Crippen LogP contribution is 2.40. The molecule has 2 fully saturated rings. The standard InChI is InChI=1S/C38H54F2O/c1-3-5-7-8-9-11-31-14-20-33(21-15-31)34-22-16-32(17-23-34)28-29-41-38(39,40)37-26-24-36(25-27-37)35-18-12-30(13-19-35)10-6-4-2/h4,16-17,22-27,30-31,33,35H,2-3,5-15,18-21,28-29H2,1H3/t30-,31-,33-,35-. The lowest BCUT2D eigenvalue weighted by Gasteiger charge is -2.29. The van der Waals surface area contributed by atoms with Gasteiger partial charge < -0.3 is 4.74 Å². The summed E-state index contributed by atoms with van der Waals surface area (Å²) in [7, 11) is 0. The summed E-state index contributed by atoms with van der Waals surface area (Å²) >= 11 is 0. The van der Waals surface area contributed by atoms with Gasteiger partial charge in [0.15, 0.2) is 0 Å². The van der Waals surface area contributed by atoms with Crippen LogP contribution in [-0.2, 0) is 17.3 Å². The Morgan fingerprint density at radius 1 is 0.732 bits per heavy atom. The summed E-state index contributed by atoms with van der Waals surface area (Å²) in [6.45, 7) is 6.11. The summed E-state index contributed by atoms with van der Waals surface area (Å²) < 4.78 is 34.8. The smallest absolute Gasteiger partial charge is 0.316 e. The Morgan fingerprint density at radius 2 is 1.27 bits per heavy atom. The second kappa shape index (κ2) is 16.6. The Morgan fingerprint density at radius 3 is 1.83 bits per heavy atom. The number of halogens is 2. The fourth-order valence-electron chi connectivity index (χ4n) is 7.25. The molecule has 2 saturated carbocycles. The summed E-state index contributed by atoms with van der Waals surface area (Å²) in [5.41, 5.74) is 3.60. The maximum Gasteiger partial charge on any atom is 0.383 e. The molecule has 2 aromatic rings. The maximum atomic E-state index is 14.8. The number of hydrogen-bond donors (Lipinski definition) is 0. The average Bonchev–Trinajstić information content (AvgIpc) is 3.01. The van der Waals surface area contributed by atoms with Crippen molar-refractivity contribution in [2.75, 3.05) is 6.61 Å². The van der Waals surface area contributed by atoms with E-state index in [1.807, 2.05) is 18.2 Å². The van der Waals surface area contributed by atoms with E-state index in [0.717, 1.165) is 36.7 Å². The van der Waals surface area contributed by atoms with Gasteiger partial charge >= 0.3 is 6.11 Å². The molecule has 41 heavy (non-hydrogen) atoms. The van der Waals surface area contributed by atoms with Crippen LogP contribution >= 0.6 is 0 Å². The highest BCUT2D eigenvalue weighted by atomic mass is 19.3. The molecule has 4 rings (SSSR count). The number of benzene rings is 2. The number of rotatable bonds is 16. The van der Waals surface area contributed by atoms with Gasteiger partial charge in [0, 0.05) is 0 Å². The molecule has 2 aromatic carbocycles. The Balaban J connectivity index is 1.16. The first-order valence-electron chi connectivity index (χ1n) is 16.8. The van der Waals surface area contributed by atoms with Gasteiger partial charge in [0.05, 0.1) is 12.2 Å². The van der Waals surface area contributed by atoms with E-state index < -0.39 is 6.11 Å². The zero-order valence-corrected chi connectivity index (χ0v) is 25.6. The maximum absolute atomic E-state index is 14.8. The molecule has 226 valence electrons. The van der Waals surface area contributed by atoms with Crippen LogP contribution < -0.4 is 0 Å². The number of unbranched alkanes of at least 4 members (excludes halogenated alkanes) is 4. The van der Waals surface area contributed by atoms with Crippen molar-refractivity contribution < 1.29 is 13.5 Å². The van der Waals surface area contributed by atoms with Crippen molar-refractivity contribution in [3.63, 3.8) is 0 Å². The van der Waals surface area contributed by atoms with Crippen molar-refractivity contribution in [3.05, 3.63) is 83.4 Å². The van der Waals surface area contributed by atoms with Crippen molar-refractivity contribution in [1.29, 1.82) is 0 Å². The number of hydrogen-bond acceptors (Lipinski definition) is 1. The van der Waals surface area contributed by atoms with Crippen molar-refractivity contribution in [2.24, 2.45) is 11.8 Å². The third-order valence-electron chi connectivity index (χ3n) is 10.0. The Bertz CT molecular complexity index is 996. The normalized spacial score (nSPS) is 23.4. The molecule has 0 bridgehead atoms. The lowest BCUT2D eigenvalue weighted by atomic mass is 9.77. The van der Waals surface area contributed by atoms with Crippen LogP contribution in [-0.4, -0.2) is 6.61 Å². The van der Waals surface area contributed by atoms with Gasteiger partial charge in [-0.05, 0) is 111 Å². The third kappa shape index (κ3) is 10.1. The molecule has 0 spiro atoms. The molecule has 0 saturated heterocycles. The summed E-state index contributed by atoms with van der Waals surface area (Å²) in [6.07, 6.45) is 19.8. The summed E-state index contributed by atoms with van der Waals surface area (Å²) in [5, 5.41) is 0. The predicted octanol–water partition coefficient (Wildman–Crippen LogP) is 11.9. The topological polar surface area (TPSA) is 9.23 Å². The first-order valence-corrected chi connectivity index (χ1v) is 16.8. The van der Waals surface area contributed by atoms with Gasteiger partial charge in [-0.3, -0.25) is 0 Å². The van der Waals surface area contributed by atoms with Gasteiger partial charge in [0.25, 0.3) is 0 Å². The van der Waals surface area contributed by atoms with E-state index in [4.69, 9.17) is 4.74 Å². The van der Waals surface area contributed by atoms with Gasteiger partial charge in [-0.15, -0.1) is 6.58 Å². The van der Waals surface area contributed by atoms with Crippen LogP contribution in [0.2, 0.25) is 0 Å². The summed E-state index contributed by atoms with van der Waals surface area (Å²) in [4.78, 5) is 0. The van der Waals surface area contributed by atoms with Crippen molar-refractivity contribution >= 4 is 0 Å². The molecule has 0 radical (unpaired) electrons. The molecule has 0 N–H and O–H groups in total. The van der Waals surface area contributed by atoms with E-state index in [-0.39, 0.29) is 12.2 Å². The monoisotopic (exact) mass is 564 g/mol. The average molecular weight is 565 g/mol. The van der Waals surface area contributed by atoms with Crippen LogP contribution in [0.15, 0.2) is 61.2 Å². The molecule has 3 heteroatoms. The highest BCUT2D eigenvalue weighted by Gasteiger charge is 2.33. The molecule has 0 unspecified atom stereocenters. The van der Waals surface area contributed by atoms with E-state index >= 15 is 0 Å². The van der Waals surface area contributed by atoms with E-state index in [1.54, 1.807) is 12.1 Å². The van der Waals surface area contributed by atoms with E-state index in [0.29, 0.717) is 18.3 Å². The molecule has 0 atom stereocenters. The van der Waals surface area contributed by atoms with Crippen molar-refractivity contribution in [3.8, 4) is 0 Å². The Labute approximate surface area is 249 Å².